The van der Waals surface area contributed by atoms with E-state index in [1.54, 1.807) is 0 Å². The topological polar surface area (TPSA) is 22.0 Å². The fourth-order valence-electron chi connectivity index (χ4n) is 2.87. The molecule has 1 fully saturated rings. The van der Waals surface area contributed by atoms with Crippen LogP contribution in [0.3, 0.4) is 0 Å². The minimum atomic E-state index is 0.351. The summed E-state index contributed by atoms with van der Waals surface area (Å²) in [4.78, 5) is 11.7. The molecule has 0 N–H and O–H groups in total. The number of carbonyl (C=O) groups excluding carboxylic acids is 1. The van der Waals surface area contributed by atoms with Gasteiger partial charge in [-0.1, -0.05) is 13.3 Å². The molecule has 2 aliphatic rings. The number of hydrogen-bond donors (Lipinski definition) is 0. The lowest BCUT2D eigenvalue weighted by atomic mass is 9.97. The van der Waals surface area contributed by atoms with E-state index in [4.69, 9.17) is 0 Å². The lowest BCUT2D eigenvalue weighted by Crippen LogP contribution is -2.12. The molecule has 1 heterocycles. The third-order valence-electron chi connectivity index (χ3n) is 3.91. The van der Waals surface area contributed by atoms with Gasteiger partial charge in [0.05, 0.1) is 0 Å². The van der Waals surface area contributed by atoms with Crippen LogP contribution in [-0.4, -0.2) is 10.4 Å². The van der Waals surface area contributed by atoms with Gasteiger partial charge in [0.1, 0.15) is 0 Å². The van der Waals surface area contributed by atoms with Crippen LogP contribution in [0.25, 0.3) is 0 Å². The summed E-state index contributed by atoms with van der Waals surface area (Å²) >= 11 is 0. The summed E-state index contributed by atoms with van der Waals surface area (Å²) in [5.74, 6) is 1.21. The first-order valence-electron chi connectivity index (χ1n) is 6.04. The summed E-state index contributed by atoms with van der Waals surface area (Å²) in [7, 11) is 0. The fourth-order valence-corrected chi connectivity index (χ4v) is 2.87. The second-order valence-corrected chi connectivity index (χ2v) is 4.83. The number of aromatic nitrogens is 1. The van der Waals surface area contributed by atoms with E-state index in [9.17, 15) is 4.79 Å². The van der Waals surface area contributed by atoms with Gasteiger partial charge in [-0.05, 0) is 31.2 Å². The van der Waals surface area contributed by atoms with Crippen molar-refractivity contribution in [2.24, 2.45) is 5.92 Å². The molecule has 15 heavy (non-hydrogen) atoms. The maximum absolute atomic E-state index is 11.7. The zero-order valence-corrected chi connectivity index (χ0v) is 9.20. The minimum absolute atomic E-state index is 0.351. The Morgan fingerprint density at radius 1 is 1.47 bits per heavy atom. The highest BCUT2D eigenvalue weighted by Gasteiger charge is 2.38. The zero-order chi connectivity index (χ0) is 10.4. The molecule has 0 aromatic carbocycles. The van der Waals surface area contributed by atoms with E-state index in [1.165, 1.54) is 18.5 Å². The second-order valence-electron chi connectivity index (χ2n) is 4.83. The van der Waals surface area contributed by atoms with Crippen molar-refractivity contribution < 1.29 is 4.79 Å². The van der Waals surface area contributed by atoms with Crippen molar-refractivity contribution in [3.63, 3.8) is 0 Å². The molecule has 0 radical (unpaired) electrons. The number of fused-ring (bicyclic) bond motifs is 1. The number of nitrogens with zero attached hydrogens (tertiary/aromatic N) is 1. The van der Waals surface area contributed by atoms with Gasteiger partial charge in [-0.3, -0.25) is 4.79 Å². The van der Waals surface area contributed by atoms with Gasteiger partial charge in [-0.25, -0.2) is 0 Å². The quantitative estimate of drug-likeness (QED) is 0.724. The van der Waals surface area contributed by atoms with Gasteiger partial charge >= 0.3 is 0 Å². The van der Waals surface area contributed by atoms with Gasteiger partial charge in [0, 0.05) is 29.9 Å². The zero-order valence-electron chi connectivity index (χ0n) is 9.20. The van der Waals surface area contributed by atoms with E-state index in [0.29, 0.717) is 11.8 Å². The van der Waals surface area contributed by atoms with E-state index < -0.39 is 0 Å². The number of ketones is 1. The molecule has 1 aromatic heterocycles. The molecule has 1 saturated carbocycles. The number of Topliss-reactive ketones (excluding diaryl/α,β-unsaturated/α-hetero) is 1. The Morgan fingerprint density at radius 3 is 3.07 bits per heavy atom. The molecule has 2 nitrogen and oxygen atoms in total. The average molecular weight is 203 g/mol. The summed E-state index contributed by atoms with van der Waals surface area (Å²) in [6, 6.07) is 2.73. The molecule has 3 rings (SSSR count). The molecule has 0 spiro atoms. The normalized spacial score (nSPS) is 29.0. The predicted molar refractivity (Wildman–Crippen MR) is 59.1 cm³/mol. The molecule has 2 unspecified atom stereocenters. The summed E-state index contributed by atoms with van der Waals surface area (Å²) in [6.45, 7) is 2.26. The van der Waals surface area contributed by atoms with Gasteiger partial charge in [0.25, 0.3) is 0 Å². The maximum Gasteiger partial charge on any atom is 0.164 e. The third kappa shape index (κ3) is 1.35. The predicted octanol–water partition coefficient (Wildman–Crippen LogP) is 2.98. The summed E-state index contributed by atoms with van der Waals surface area (Å²) in [5.41, 5.74) is 2.32. The van der Waals surface area contributed by atoms with Gasteiger partial charge in [0.15, 0.2) is 5.78 Å². The van der Waals surface area contributed by atoms with Gasteiger partial charge in [-0.15, -0.1) is 0 Å². The molecule has 2 aliphatic carbocycles. The molecule has 80 valence electrons. The van der Waals surface area contributed by atoms with Crippen molar-refractivity contribution in [2.75, 3.05) is 0 Å². The molecule has 2 atom stereocenters. The fraction of sp³-hybridized carbons (Fsp3) is 0.615. The second kappa shape index (κ2) is 3.22. The summed E-state index contributed by atoms with van der Waals surface area (Å²) < 4.78 is 2.38. The standard InChI is InChI=1S/C13H17NO/c1-2-9-8-12(9)14-7-6-10-11(14)4-3-5-13(10)15/h6-7,9,12H,2-5,8H2,1H3. The van der Waals surface area contributed by atoms with E-state index in [0.717, 1.165) is 30.7 Å². The number of rotatable bonds is 2. The maximum atomic E-state index is 11.7. The first-order valence-corrected chi connectivity index (χ1v) is 6.04. The third-order valence-corrected chi connectivity index (χ3v) is 3.91. The van der Waals surface area contributed by atoms with Crippen LogP contribution in [0.4, 0.5) is 0 Å². The van der Waals surface area contributed by atoms with Crippen LogP contribution in [0, 0.1) is 5.92 Å². The highest BCUT2D eigenvalue weighted by molar-refractivity contribution is 5.98. The van der Waals surface area contributed by atoms with Crippen LogP contribution in [0.5, 0.6) is 0 Å². The van der Waals surface area contributed by atoms with Crippen molar-refractivity contribution in [3.8, 4) is 0 Å². The smallest absolute Gasteiger partial charge is 0.164 e. The molecule has 0 saturated heterocycles. The van der Waals surface area contributed by atoms with E-state index >= 15 is 0 Å². The van der Waals surface area contributed by atoms with Crippen LogP contribution in [0.15, 0.2) is 12.3 Å². The van der Waals surface area contributed by atoms with Crippen molar-refractivity contribution in [2.45, 2.75) is 45.1 Å². The Hall–Kier alpha value is -1.05. The van der Waals surface area contributed by atoms with Gasteiger partial charge < -0.3 is 4.57 Å². The molecular formula is C13H17NO. The molecule has 1 aromatic rings. The van der Waals surface area contributed by atoms with Gasteiger partial charge in [-0.2, -0.15) is 0 Å². The van der Waals surface area contributed by atoms with Crippen LogP contribution < -0.4 is 0 Å². The summed E-state index contributed by atoms with van der Waals surface area (Å²) in [5, 5.41) is 0. The van der Waals surface area contributed by atoms with Crippen LogP contribution in [-0.2, 0) is 6.42 Å². The monoisotopic (exact) mass is 203 g/mol. The first-order chi connectivity index (χ1) is 7.31. The highest BCUT2D eigenvalue weighted by atomic mass is 16.1. The Bertz CT molecular complexity index is 405. The molecule has 2 heteroatoms. The van der Waals surface area contributed by atoms with Crippen molar-refractivity contribution in [1.82, 2.24) is 4.57 Å². The number of hydrogen-bond acceptors (Lipinski definition) is 1. The highest BCUT2D eigenvalue weighted by Crippen LogP contribution is 2.47. The van der Waals surface area contributed by atoms with Crippen molar-refractivity contribution >= 4 is 5.78 Å². The molecular weight excluding hydrogens is 186 g/mol. The Morgan fingerprint density at radius 2 is 2.33 bits per heavy atom. The van der Waals surface area contributed by atoms with Crippen LogP contribution in [0.1, 0.15) is 54.7 Å². The lowest BCUT2D eigenvalue weighted by Gasteiger charge is -2.14. The van der Waals surface area contributed by atoms with E-state index in [-0.39, 0.29) is 0 Å². The summed E-state index contributed by atoms with van der Waals surface area (Å²) in [6.07, 6.45) is 7.60. The number of carbonyl (C=O) groups is 1. The van der Waals surface area contributed by atoms with Gasteiger partial charge in [0.2, 0.25) is 0 Å². The average Bonchev–Trinajstić information content (AvgIpc) is 2.90. The van der Waals surface area contributed by atoms with Crippen molar-refractivity contribution in [3.05, 3.63) is 23.5 Å². The lowest BCUT2D eigenvalue weighted by molar-refractivity contribution is 0.0971. The van der Waals surface area contributed by atoms with E-state index in [1.807, 2.05) is 6.07 Å². The SMILES string of the molecule is CCC1CC1n1ccc2c1CCCC2=O. The first kappa shape index (κ1) is 9.20. The minimum Gasteiger partial charge on any atom is -0.347 e. The van der Waals surface area contributed by atoms with Crippen LogP contribution >= 0.6 is 0 Å². The Balaban J connectivity index is 1.94. The molecule has 0 bridgehead atoms. The largest absolute Gasteiger partial charge is 0.347 e. The van der Waals surface area contributed by atoms with Crippen molar-refractivity contribution in [1.29, 1.82) is 0 Å². The molecule has 0 amide bonds. The van der Waals surface area contributed by atoms with E-state index in [2.05, 4.69) is 17.7 Å². The Kier molecular flexibility index (Phi) is 1.98. The van der Waals surface area contributed by atoms with Crippen LogP contribution in [0.2, 0.25) is 0 Å². The molecule has 0 aliphatic heterocycles. The Labute approximate surface area is 90.3 Å².